The van der Waals surface area contributed by atoms with Gasteiger partial charge in [-0.15, -0.1) is 0 Å². The standard InChI is InChI=1S/C14H21NO2/c1-5-15(6-2)14(16)10-17-13-8-11(3)7-12(4)9-13/h7-9H,5-6,10H2,1-4H3. The molecule has 1 aromatic rings. The molecular weight excluding hydrogens is 214 g/mol. The highest BCUT2D eigenvalue weighted by molar-refractivity contribution is 5.77. The summed E-state index contributed by atoms with van der Waals surface area (Å²) in [5.41, 5.74) is 2.30. The van der Waals surface area contributed by atoms with Gasteiger partial charge in [-0.3, -0.25) is 4.79 Å². The number of hydrogen-bond acceptors (Lipinski definition) is 2. The van der Waals surface area contributed by atoms with E-state index in [9.17, 15) is 4.79 Å². The molecule has 0 heterocycles. The number of benzene rings is 1. The smallest absolute Gasteiger partial charge is 0.260 e. The molecule has 0 spiro atoms. The zero-order chi connectivity index (χ0) is 12.8. The van der Waals surface area contributed by atoms with Crippen molar-refractivity contribution in [3.63, 3.8) is 0 Å². The highest BCUT2D eigenvalue weighted by atomic mass is 16.5. The van der Waals surface area contributed by atoms with Gasteiger partial charge in [-0.25, -0.2) is 0 Å². The number of rotatable bonds is 5. The molecule has 0 atom stereocenters. The van der Waals surface area contributed by atoms with Crippen LogP contribution in [0.5, 0.6) is 5.75 Å². The Bertz CT molecular complexity index is 364. The Hall–Kier alpha value is -1.51. The van der Waals surface area contributed by atoms with Crippen LogP contribution in [0.3, 0.4) is 0 Å². The summed E-state index contributed by atoms with van der Waals surface area (Å²) in [5, 5.41) is 0. The lowest BCUT2D eigenvalue weighted by Gasteiger charge is -2.18. The van der Waals surface area contributed by atoms with Crippen molar-refractivity contribution >= 4 is 5.91 Å². The number of carbonyl (C=O) groups is 1. The van der Waals surface area contributed by atoms with Crippen LogP contribution >= 0.6 is 0 Å². The van der Waals surface area contributed by atoms with Crippen LogP contribution < -0.4 is 4.74 Å². The van der Waals surface area contributed by atoms with Crippen LogP contribution in [-0.4, -0.2) is 30.5 Å². The monoisotopic (exact) mass is 235 g/mol. The lowest BCUT2D eigenvalue weighted by atomic mass is 10.1. The number of hydrogen-bond donors (Lipinski definition) is 0. The van der Waals surface area contributed by atoms with Gasteiger partial charge in [-0.1, -0.05) is 6.07 Å². The van der Waals surface area contributed by atoms with E-state index in [0.717, 1.165) is 30.0 Å². The van der Waals surface area contributed by atoms with Crippen LogP contribution in [0, 0.1) is 13.8 Å². The molecule has 0 radical (unpaired) electrons. The Morgan fingerprint density at radius 1 is 1.12 bits per heavy atom. The van der Waals surface area contributed by atoms with Crippen LogP contribution in [0.25, 0.3) is 0 Å². The van der Waals surface area contributed by atoms with Gasteiger partial charge in [-0.2, -0.15) is 0 Å². The van der Waals surface area contributed by atoms with Gasteiger partial charge in [0.2, 0.25) is 0 Å². The molecule has 1 amide bonds. The Balaban J connectivity index is 2.58. The fourth-order valence-electron chi connectivity index (χ4n) is 1.83. The second kappa shape index (κ2) is 6.28. The number of ether oxygens (including phenoxy) is 1. The molecular formula is C14H21NO2. The van der Waals surface area contributed by atoms with E-state index < -0.39 is 0 Å². The lowest BCUT2D eigenvalue weighted by Crippen LogP contribution is -2.34. The third-order valence-electron chi connectivity index (χ3n) is 2.67. The van der Waals surface area contributed by atoms with E-state index in [1.165, 1.54) is 0 Å². The van der Waals surface area contributed by atoms with Crippen LogP contribution in [-0.2, 0) is 4.79 Å². The molecule has 17 heavy (non-hydrogen) atoms. The van der Waals surface area contributed by atoms with Crippen molar-refractivity contribution in [2.45, 2.75) is 27.7 Å². The van der Waals surface area contributed by atoms with E-state index in [0.29, 0.717) is 0 Å². The van der Waals surface area contributed by atoms with E-state index in [1.54, 1.807) is 4.90 Å². The van der Waals surface area contributed by atoms with E-state index >= 15 is 0 Å². The summed E-state index contributed by atoms with van der Waals surface area (Å²) < 4.78 is 5.52. The summed E-state index contributed by atoms with van der Waals surface area (Å²) in [6.07, 6.45) is 0. The largest absolute Gasteiger partial charge is 0.484 e. The number of likely N-dealkylation sites (N-methyl/N-ethyl adjacent to an activating group) is 1. The molecule has 0 fully saturated rings. The average molecular weight is 235 g/mol. The number of aryl methyl sites for hydroxylation is 2. The fourth-order valence-corrected chi connectivity index (χ4v) is 1.83. The predicted octanol–water partition coefficient (Wildman–Crippen LogP) is 2.55. The van der Waals surface area contributed by atoms with Gasteiger partial charge < -0.3 is 9.64 Å². The molecule has 94 valence electrons. The molecule has 3 nitrogen and oxygen atoms in total. The van der Waals surface area contributed by atoms with E-state index in [2.05, 4.69) is 6.07 Å². The van der Waals surface area contributed by atoms with Gasteiger partial charge >= 0.3 is 0 Å². The Morgan fingerprint density at radius 3 is 2.12 bits per heavy atom. The number of carbonyl (C=O) groups excluding carboxylic acids is 1. The fraction of sp³-hybridized carbons (Fsp3) is 0.500. The third-order valence-corrected chi connectivity index (χ3v) is 2.67. The van der Waals surface area contributed by atoms with E-state index in [4.69, 9.17) is 4.74 Å². The summed E-state index contributed by atoms with van der Waals surface area (Å²) in [7, 11) is 0. The van der Waals surface area contributed by atoms with Gasteiger partial charge in [0, 0.05) is 13.1 Å². The summed E-state index contributed by atoms with van der Waals surface area (Å²) in [4.78, 5) is 13.5. The first kappa shape index (κ1) is 13.6. The van der Waals surface area contributed by atoms with Crippen molar-refractivity contribution < 1.29 is 9.53 Å². The Labute approximate surface area is 103 Å². The van der Waals surface area contributed by atoms with Crippen molar-refractivity contribution in [1.29, 1.82) is 0 Å². The van der Waals surface area contributed by atoms with E-state index in [-0.39, 0.29) is 12.5 Å². The normalized spacial score (nSPS) is 10.1. The molecule has 0 saturated heterocycles. The molecule has 0 N–H and O–H groups in total. The number of nitrogens with zero attached hydrogens (tertiary/aromatic N) is 1. The van der Waals surface area contributed by atoms with E-state index in [1.807, 2.05) is 39.8 Å². The summed E-state index contributed by atoms with van der Waals surface area (Å²) in [6, 6.07) is 5.98. The second-order valence-corrected chi connectivity index (χ2v) is 4.18. The topological polar surface area (TPSA) is 29.5 Å². The molecule has 0 aliphatic heterocycles. The predicted molar refractivity (Wildman–Crippen MR) is 69.3 cm³/mol. The first-order valence-electron chi connectivity index (χ1n) is 6.05. The molecule has 0 unspecified atom stereocenters. The van der Waals surface area contributed by atoms with Crippen molar-refractivity contribution in [3.8, 4) is 5.75 Å². The zero-order valence-corrected chi connectivity index (χ0v) is 11.1. The maximum atomic E-state index is 11.7. The summed E-state index contributed by atoms with van der Waals surface area (Å²) >= 11 is 0. The van der Waals surface area contributed by atoms with Crippen LogP contribution in [0.2, 0.25) is 0 Å². The van der Waals surface area contributed by atoms with Gasteiger partial charge in [-0.05, 0) is 51.0 Å². The maximum absolute atomic E-state index is 11.7. The second-order valence-electron chi connectivity index (χ2n) is 4.18. The molecule has 1 rings (SSSR count). The molecule has 0 bridgehead atoms. The van der Waals surface area contributed by atoms with Gasteiger partial charge in [0.15, 0.2) is 6.61 Å². The zero-order valence-electron chi connectivity index (χ0n) is 11.1. The first-order valence-corrected chi connectivity index (χ1v) is 6.05. The number of amides is 1. The van der Waals surface area contributed by atoms with Crippen molar-refractivity contribution in [2.24, 2.45) is 0 Å². The molecule has 3 heteroatoms. The van der Waals surface area contributed by atoms with Crippen LogP contribution in [0.1, 0.15) is 25.0 Å². The minimum atomic E-state index is 0.0363. The van der Waals surface area contributed by atoms with Crippen LogP contribution in [0.15, 0.2) is 18.2 Å². The van der Waals surface area contributed by atoms with Crippen LogP contribution in [0.4, 0.5) is 0 Å². The Kier molecular flexibility index (Phi) is 5.01. The highest BCUT2D eigenvalue weighted by Crippen LogP contribution is 2.16. The molecule has 0 aliphatic carbocycles. The lowest BCUT2D eigenvalue weighted by molar-refractivity contribution is -0.132. The molecule has 0 aliphatic rings. The molecule has 1 aromatic carbocycles. The van der Waals surface area contributed by atoms with Gasteiger partial charge in [0.25, 0.3) is 5.91 Å². The van der Waals surface area contributed by atoms with Crippen molar-refractivity contribution in [3.05, 3.63) is 29.3 Å². The summed E-state index contributed by atoms with van der Waals surface area (Å²) in [6.45, 7) is 9.55. The van der Waals surface area contributed by atoms with Crippen molar-refractivity contribution in [1.82, 2.24) is 4.90 Å². The highest BCUT2D eigenvalue weighted by Gasteiger charge is 2.10. The minimum absolute atomic E-state index is 0.0363. The molecule has 0 aromatic heterocycles. The molecule has 0 saturated carbocycles. The Morgan fingerprint density at radius 2 is 1.65 bits per heavy atom. The quantitative estimate of drug-likeness (QED) is 0.785. The third kappa shape index (κ3) is 4.10. The average Bonchev–Trinajstić information content (AvgIpc) is 2.27. The van der Waals surface area contributed by atoms with Gasteiger partial charge in [0.05, 0.1) is 0 Å². The SMILES string of the molecule is CCN(CC)C(=O)COc1cc(C)cc(C)c1. The summed E-state index contributed by atoms with van der Waals surface area (Å²) in [5.74, 6) is 0.803. The van der Waals surface area contributed by atoms with Gasteiger partial charge in [0.1, 0.15) is 5.75 Å². The minimum Gasteiger partial charge on any atom is -0.484 e. The maximum Gasteiger partial charge on any atom is 0.260 e. The first-order chi connectivity index (χ1) is 8.06. The van der Waals surface area contributed by atoms with Crippen molar-refractivity contribution in [2.75, 3.05) is 19.7 Å².